The van der Waals surface area contributed by atoms with Crippen molar-refractivity contribution in [2.24, 2.45) is 0 Å². The van der Waals surface area contributed by atoms with Gasteiger partial charge in [0.1, 0.15) is 0 Å². The molecule has 41 heavy (non-hydrogen) atoms. The van der Waals surface area contributed by atoms with E-state index in [2.05, 4.69) is 99.7 Å². The summed E-state index contributed by atoms with van der Waals surface area (Å²) in [6.07, 6.45) is 0. The van der Waals surface area contributed by atoms with E-state index in [0.717, 1.165) is 30.9 Å². The predicted molar refractivity (Wildman–Crippen MR) is 177 cm³/mol. The van der Waals surface area contributed by atoms with E-state index >= 15 is 0 Å². The maximum atomic E-state index is 5.93. The van der Waals surface area contributed by atoms with Crippen LogP contribution in [0.25, 0.3) is 0 Å². The molecule has 1 saturated heterocycles. The molecule has 0 aromatic heterocycles. The Hall–Kier alpha value is -2.65. The van der Waals surface area contributed by atoms with Crippen LogP contribution in [0.15, 0.2) is 78.9 Å². The Balaban J connectivity index is 0.000000195. The summed E-state index contributed by atoms with van der Waals surface area (Å²) in [5, 5.41) is 3.41. The third-order valence-electron chi connectivity index (χ3n) is 7.18. The van der Waals surface area contributed by atoms with Gasteiger partial charge < -0.3 is 9.80 Å². The Morgan fingerprint density at radius 2 is 1.17 bits per heavy atom. The molecule has 0 amide bonds. The quantitative estimate of drug-likeness (QED) is 0.163. The summed E-state index contributed by atoms with van der Waals surface area (Å²) in [5.41, 5.74) is 14.2. The maximum absolute atomic E-state index is 5.93. The Morgan fingerprint density at radius 3 is 1.66 bits per heavy atom. The van der Waals surface area contributed by atoms with Crippen molar-refractivity contribution < 1.29 is 13.5 Å². The molecule has 0 atom stereocenters. The molecule has 218 valence electrons. The van der Waals surface area contributed by atoms with Crippen molar-refractivity contribution in [3.8, 4) is 0 Å². The third kappa shape index (κ3) is 8.44. The van der Waals surface area contributed by atoms with Crippen LogP contribution in [-0.4, -0.2) is 17.7 Å². The van der Waals surface area contributed by atoms with E-state index in [0.29, 0.717) is 0 Å². The van der Waals surface area contributed by atoms with Crippen LogP contribution in [0.4, 0.5) is 17.1 Å². The number of anilines is 3. The van der Waals surface area contributed by atoms with Crippen molar-refractivity contribution >= 4 is 41.1 Å². The molecule has 5 rings (SSSR count). The second kappa shape index (κ2) is 14.5. The number of benzene rings is 4. The monoisotopic (exact) mass is 674 g/mol. The van der Waals surface area contributed by atoms with E-state index in [9.17, 15) is 0 Å². The Morgan fingerprint density at radius 1 is 0.707 bits per heavy atom. The summed E-state index contributed by atoms with van der Waals surface area (Å²) >= 11 is -1.78. The van der Waals surface area contributed by atoms with Crippen LogP contribution in [-0.2, 0) is 20.1 Å². The molecule has 0 aliphatic carbocycles. The number of nitrogens with zero attached hydrogens (tertiary/aromatic N) is 2. The summed E-state index contributed by atoms with van der Waals surface area (Å²) in [7, 11) is 11.9. The van der Waals surface area contributed by atoms with E-state index in [1.807, 2.05) is 47.1 Å². The Kier molecular flexibility index (Phi) is 11.1. The molecule has 0 bridgehead atoms. The molecule has 1 aliphatic rings. The molecular weight excluding hydrogens is 634 g/mol. The first-order valence-corrected chi connectivity index (χ1v) is 19.3. The molecule has 4 aromatic rings. The summed E-state index contributed by atoms with van der Waals surface area (Å²) < 4.78 is 1.96. The second-order valence-electron chi connectivity index (χ2n) is 10.7. The first kappa shape index (κ1) is 31.3. The number of halogens is 2. The molecule has 1 aliphatic heterocycles. The topological polar surface area (TPSA) is 18.5 Å². The van der Waals surface area contributed by atoms with Gasteiger partial charge >= 0.3 is 121 Å². The van der Waals surface area contributed by atoms with E-state index in [-0.39, 0.29) is 0 Å². The molecule has 1 fully saturated rings. The van der Waals surface area contributed by atoms with Gasteiger partial charge in [0.25, 0.3) is 0 Å². The van der Waals surface area contributed by atoms with Crippen LogP contribution in [0, 0.1) is 48.2 Å². The molecule has 6 heteroatoms. The molecule has 4 aromatic carbocycles. The van der Waals surface area contributed by atoms with Crippen LogP contribution < -0.4 is 15.1 Å². The minimum atomic E-state index is -1.78. The SMILES string of the molecule is Cc1cc(C)c(N2[CH-]N(c3c(C)cc(C)cc3C)CC2)c(C)c1.[Cl][Ru]([Cl])=[CH]c1ccccc1NCc1ccccc1. The first-order valence-electron chi connectivity index (χ1n) is 13.9. The van der Waals surface area contributed by atoms with Crippen LogP contribution in [0.1, 0.15) is 44.5 Å². The normalized spacial score (nSPS) is 13.0. The number of aryl methyl sites for hydroxylation is 6. The summed E-state index contributed by atoms with van der Waals surface area (Å²) in [5.74, 6) is 0. The Labute approximate surface area is 259 Å². The van der Waals surface area contributed by atoms with Crippen molar-refractivity contribution in [1.82, 2.24) is 0 Å². The fraction of sp³-hybridized carbons (Fsp3) is 0.257. The third-order valence-corrected chi connectivity index (χ3v) is 9.01. The summed E-state index contributed by atoms with van der Waals surface area (Å²) in [6.45, 7) is 18.4. The van der Waals surface area contributed by atoms with Crippen LogP contribution >= 0.6 is 19.4 Å². The van der Waals surface area contributed by atoms with Gasteiger partial charge in [0, 0.05) is 24.5 Å². The van der Waals surface area contributed by atoms with E-state index in [4.69, 9.17) is 19.4 Å². The van der Waals surface area contributed by atoms with Gasteiger partial charge in [0.15, 0.2) is 0 Å². The summed E-state index contributed by atoms with van der Waals surface area (Å²) in [6, 6.07) is 27.5. The molecule has 0 radical (unpaired) electrons. The van der Waals surface area contributed by atoms with Gasteiger partial charge in [-0.3, -0.25) is 0 Å². The summed E-state index contributed by atoms with van der Waals surface area (Å²) in [4.78, 5) is 4.81. The number of nitrogens with one attached hydrogen (secondary N) is 1. The molecule has 0 unspecified atom stereocenters. The van der Waals surface area contributed by atoms with Crippen molar-refractivity contribution in [2.45, 2.75) is 48.1 Å². The predicted octanol–water partition coefficient (Wildman–Crippen LogP) is 9.36. The molecule has 3 nitrogen and oxygen atoms in total. The van der Waals surface area contributed by atoms with Crippen molar-refractivity contribution in [1.29, 1.82) is 0 Å². The number of hydrogen-bond donors (Lipinski definition) is 1. The molecule has 0 saturated carbocycles. The fourth-order valence-electron chi connectivity index (χ4n) is 5.71. The Bertz CT molecular complexity index is 1400. The van der Waals surface area contributed by atoms with Gasteiger partial charge in [0.2, 0.25) is 0 Å². The van der Waals surface area contributed by atoms with Gasteiger partial charge in [0.05, 0.1) is 0 Å². The zero-order chi connectivity index (χ0) is 29.5. The van der Waals surface area contributed by atoms with Crippen molar-refractivity contribution in [2.75, 3.05) is 28.2 Å². The van der Waals surface area contributed by atoms with Crippen molar-refractivity contribution in [3.63, 3.8) is 0 Å². The second-order valence-corrected chi connectivity index (χ2v) is 16.5. The van der Waals surface area contributed by atoms with Gasteiger partial charge in [-0.2, -0.15) is 6.67 Å². The first-order chi connectivity index (χ1) is 19.6. The average Bonchev–Trinajstić information content (AvgIpc) is 3.36. The van der Waals surface area contributed by atoms with E-state index < -0.39 is 13.5 Å². The van der Waals surface area contributed by atoms with E-state index in [1.54, 1.807) is 0 Å². The van der Waals surface area contributed by atoms with Crippen LogP contribution in [0.2, 0.25) is 0 Å². The van der Waals surface area contributed by atoms with E-state index in [1.165, 1.54) is 50.3 Å². The zero-order valence-electron chi connectivity index (χ0n) is 24.8. The molecule has 0 spiro atoms. The minimum absolute atomic E-state index is 0.795. The van der Waals surface area contributed by atoms with Crippen LogP contribution in [0.5, 0.6) is 0 Å². The zero-order valence-corrected chi connectivity index (χ0v) is 28.0. The molecule has 1 heterocycles. The van der Waals surface area contributed by atoms with Crippen LogP contribution in [0.3, 0.4) is 0 Å². The number of para-hydroxylation sites is 1. The number of rotatable bonds is 6. The van der Waals surface area contributed by atoms with Crippen molar-refractivity contribution in [3.05, 3.63) is 130 Å². The van der Waals surface area contributed by atoms with Gasteiger partial charge in [-0.25, -0.2) is 0 Å². The fourth-order valence-corrected chi connectivity index (χ4v) is 7.54. The van der Waals surface area contributed by atoms with Gasteiger partial charge in [-0.15, -0.1) is 0 Å². The standard InChI is InChI=1S/C21H27N2.C14H13N.2ClH.Ru/c1-14-9-16(3)20(17(4)10-14)22-7-8-23(13-22)21-18(5)11-15(2)12-19(21)6;1-12-7-5-6-10-14(12)15-11-13-8-3-2-4-9-13;;;/h9-13H,7-8H2,1-6H3;1-10,15H,11H2;2*1H;/q-1;;;;+2/p-2. The molecular formula is C35H40Cl2N3Ru-. The molecule has 1 N–H and O–H groups in total. The number of hydrogen-bond acceptors (Lipinski definition) is 3. The van der Waals surface area contributed by atoms with Gasteiger partial charge in [-0.1, -0.05) is 35.4 Å². The van der Waals surface area contributed by atoms with Gasteiger partial charge in [-0.05, 0) is 63.8 Å². The average molecular weight is 675 g/mol.